The minimum atomic E-state index is -3.00. The van der Waals surface area contributed by atoms with Crippen molar-refractivity contribution in [1.82, 2.24) is 5.06 Å². The van der Waals surface area contributed by atoms with Gasteiger partial charge in [-0.1, -0.05) is 0 Å². The number of rotatable bonds is 0. The van der Waals surface area contributed by atoms with Crippen LogP contribution in [0.3, 0.4) is 0 Å². The summed E-state index contributed by atoms with van der Waals surface area (Å²) in [5.41, 5.74) is -1.82. The molecule has 0 radical (unpaired) electrons. The lowest BCUT2D eigenvalue weighted by Crippen LogP contribution is -2.37. The number of hydrogen-bond acceptors (Lipinski definition) is 5. The van der Waals surface area contributed by atoms with E-state index in [1.165, 1.54) is 0 Å². The highest BCUT2D eigenvalue weighted by molar-refractivity contribution is 5.69. The summed E-state index contributed by atoms with van der Waals surface area (Å²) in [6.07, 6.45) is -2.61. The van der Waals surface area contributed by atoms with Crippen molar-refractivity contribution in [2.45, 2.75) is 52.7 Å². The summed E-state index contributed by atoms with van der Waals surface area (Å²) in [6.45, 7) is 6.37. The fourth-order valence-corrected chi connectivity index (χ4v) is 0.684. The average molecular weight is 250 g/mol. The van der Waals surface area contributed by atoms with E-state index in [0.29, 0.717) is 0 Å². The number of hydroxylamine groups is 2. The van der Waals surface area contributed by atoms with Crippen LogP contribution < -0.4 is 0 Å². The maximum absolute atomic E-state index is 11.7. The summed E-state index contributed by atoms with van der Waals surface area (Å²) in [6, 6.07) is 0. The molecule has 0 unspecified atom stereocenters. The zero-order valence-electron chi connectivity index (χ0n) is 14.0. The second-order valence-corrected chi connectivity index (χ2v) is 5.33. The number of hydrogen-bond donors (Lipinski definition) is 0. The largest absolute Gasteiger partial charge is 0.534 e. The Morgan fingerprint density at radius 1 is 1.00 bits per heavy atom. The van der Waals surface area contributed by atoms with Gasteiger partial charge in [-0.2, -0.15) is 0 Å². The van der Waals surface area contributed by atoms with Gasteiger partial charge in [0.2, 0.25) is 0 Å². The molecule has 100 valence electrons. The first-order valence-corrected chi connectivity index (χ1v) is 5.06. The average Bonchev–Trinajstić information content (AvgIpc) is 2.05. The second-order valence-electron chi connectivity index (χ2n) is 5.33. The molecule has 0 aliphatic rings. The lowest BCUT2D eigenvalue weighted by atomic mass is 10.2. The van der Waals surface area contributed by atoms with Gasteiger partial charge in [0, 0.05) is 4.11 Å². The van der Waals surface area contributed by atoms with E-state index in [1.807, 2.05) is 0 Å². The summed E-state index contributed by atoms with van der Waals surface area (Å²) in [5, 5.41) is -0.119. The summed E-state index contributed by atoms with van der Waals surface area (Å²) in [5.74, 6) is 0. The minimum absolute atomic E-state index is 0.119. The maximum Gasteiger partial charge on any atom is 0.534 e. The van der Waals surface area contributed by atoms with Crippen LogP contribution in [0.4, 0.5) is 9.59 Å². The molecular formula is C11H21NO5. The van der Waals surface area contributed by atoms with Crippen LogP contribution in [0.5, 0.6) is 0 Å². The Labute approximate surface area is 106 Å². The number of carbonyl (C=O) groups is 2. The maximum atomic E-state index is 11.7. The first-order valence-electron chi connectivity index (χ1n) is 6.56. The van der Waals surface area contributed by atoms with E-state index in [4.69, 9.17) is 13.6 Å². The highest BCUT2D eigenvalue weighted by Gasteiger charge is 2.25. The van der Waals surface area contributed by atoms with Crippen LogP contribution in [0.1, 0.15) is 45.7 Å². The minimum Gasteiger partial charge on any atom is -0.442 e. The van der Waals surface area contributed by atoms with Gasteiger partial charge in [-0.25, -0.2) is 9.59 Å². The molecule has 0 saturated carbocycles. The molecule has 0 aromatic heterocycles. The van der Waals surface area contributed by atoms with E-state index in [-0.39, 0.29) is 5.06 Å². The molecule has 0 aliphatic carbocycles. The van der Waals surface area contributed by atoms with Gasteiger partial charge in [0.15, 0.2) is 0 Å². The van der Waals surface area contributed by atoms with E-state index in [0.717, 1.165) is 0 Å². The number of nitrogens with zero attached hydrogens (tertiary/aromatic N) is 1. The molecule has 6 nitrogen and oxygen atoms in total. The smallest absolute Gasteiger partial charge is 0.442 e. The van der Waals surface area contributed by atoms with Gasteiger partial charge in [-0.3, -0.25) is 0 Å². The molecule has 1 amide bonds. The Morgan fingerprint density at radius 2 is 1.47 bits per heavy atom. The third kappa shape index (κ3) is 8.36. The Bertz CT molecular complexity index is 368. The summed E-state index contributed by atoms with van der Waals surface area (Å²) in [7, 11) is 0. The van der Waals surface area contributed by atoms with E-state index in [9.17, 15) is 9.59 Å². The Morgan fingerprint density at radius 3 is 1.82 bits per heavy atom. The van der Waals surface area contributed by atoms with Crippen molar-refractivity contribution in [1.29, 1.82) is 0 Å². The molecule has 0 spiro atoms. The van der Waals surface area contributed by atoms with E-state index >= 15 is 0 Å². The molecule has 17 heavy (non-hydrogen) atoms. The van der Waals surface area contributed by atoms with Crippen LogP contribution in [-0.2, 0) is 14.3 Å². The topological polar surface area (TPSA) is 65.1 Å². The summed E-state index contributed by atoms with van der Waals surface area (Å²) < 4.78 is 31.2. The van der Waals surface area contributed by atoms with Gasteiger partial charge >= 0.3 is 12.2 Å². The second kappa shape index (κ2) is 5.25. The molecule has 0 aromatic rings. The molecular weight excluding hydrogens is 226 g/mol. The highest BCUT2D eigenvalue weighted by atomic mass is 16.8. The third-order valence-electron chi connectivity index (χ3n) is 1.11. The van der Waals surface area contributed by atoms with Crippen molar-refractivity contribution >= 4 is 12.2 Å². The lowest BCUT2D eigenvalue weighted by molar-refractivity contribution is -0.123. The van der Waals surface area contributed by atoms with Crippen LogP contribution in [0.25, 0.3) is 0 Å². The van der Waals surface area contributed by atoms with Gasteiger partial charge in [0.05, 0.1) is 6.98 Å². The van der Waals surface area contributed by atoms with Crippen molar-refractivity contribution in [2.75, 3.05) is 6.98 Å². The normalized spacial score (nSPS) is 15.1. The van der Waals surface area contributed by atoms with Crippen LogP contribution in [0.2, 0.25) is 0 Å². The third-order valence-corrected chi connectivity index (χ3v) is 1.11. The van der Waals surface area contributed by atoms with E-state index in [1.54, 1.807) is 41.5 Å². The fraction of sp³-hybridized carbons (Fsp3) is 0.818. The predicted molar refractivity (Wildman–Crippen MR) is 61.3 cm³/mol. The van der Waals surface area contributed by atoms with Gasteiger partial charge < -0.3 is 14.3 Å². The zero-order valence-corrected chi connectivity index (χ0v) is 11.0. The first-order chi connectivity index (χ1) is 8.62. The Kier molecular flexibility index (Phi) is 3.30. The quantitative estimate of drug-likeness (QED) is 0.488. The summed E-state index contributed by atoms with van der Waals surface area (Å²) >= 11 is 0. The molecule has 0 aliphatic heterocycles. The first kappa shape index (κ1) is 10.7. The van der Waals surface area contributed by atoms with Gasteiger partial charge in [-0.05, 0) is 41.5 Å². The van der Waals surface area contributed by atoms with Gasteiger partial charge in [0.1, 0.15) is 11.2 Å². The zero-order chi connectivity index (χ0) is 16.4. The number of carbonyl (C=O) groups excluding carboxylic acids is 2. The van der Waals surface area contributed by atoms with Gasteiger partial charge in [-0.15, -0.1) is 5.06 Å². The molecule has 0 bridgehead atoms. The lowest BCUT2D eigenvalue weighted by Gasteiger charge is -2.24. The summed E-state index contributed by atoms with van der Waals surface area (Å²) in [4.78, 5) is 27.6. The SMILES string of the molecule is [2H]C([2H])([2H])N(OC(=O)OC(C)(C)C)C(=O)OC(C)(C)C. The molecule has 0 saturated heterocycles. The van der Waals surface area contributed by atoms with E-state index in [2.05, 4.69) is 4.84 Å². The molecule has 0 atom stereocenters. The highest BCUT2D eigenvalue weighted by Crippen LogP contribution is 2.11. The number of ether oxygens (including phenoxy) is 2. The number of amides is 1. The van der Waals surface area contributed by atoms with Crippen molar-refractivity contribution in [3.63, 3.8) is 0 Å². The predicted octanol–water partition coefficient (Wildman–Crippen LogP) is 2.72. The Balaban J connectivity index is 4.93. The molecule has 6 heteroatoms. The molecule has 0 rings (SSSR count). The van der Waals surface area contributed by atoms with Crippen molar-refractivity contribution in [3.8, 4) is 0 Å². The molecule has 0 aromatic carbocycles. The molecule has 0 N–H and O–H groups in total. The monoisotopic (exact) mass is 250 g/mol. The standard InChI is InChI=1S/C11H21NO5/c1-10(2,3)15-8(13)12(7)17-9(14)16-11(4,5)6/h1-7H3/i7D3. The van der Waals surface area contributed by atoms with Crippen LogP contribution in [0, 0.1) is 0 Å². The Hall–Kier alpha value is -1.46. The molecule has 0 fully saturated rings. The van der Waals surface area contributed by atoms with Crippen molar-refractivity contribution < 1.29 is 28.0 Å². The van der Waals surface area contributed by atoms with Crippen molar-refractivity contribution in [2.24, 2.45) is 0 Å². The van der Waals surface area contributed by atoms with Gasteiger partial charge in [0.25, 0.3) is 0 Å². The molecule has 0 heterocycles. The van der Waals surface area contributed by atoms with Crippen LogP contribution in [0.15, 0.2) is 0 Å². The van der Waals surface area contributed by atoms with E-state index < -0.39 is 30.4 Å². The van der Waals surface area contributed by atoms with Crippen LogP contribution >= 0.6 is 0 Å². The fourth-order valence-electron chi connectivity index (χ4n) is 0.684. The van der Waals surface area contributed by atoms with Crippen LogP contribution in [-0.4, -0.2) is 35.5 Å². The van der Waals surface area contributed by atoms with Crippen molar-refractivity contribution in [3.05, 3.63) is 0 Å².